The normalized spacial score (nSPS) is 20.6. The average Bonchev–Trinajstić information content (AvgIpc) is 3.01. The van der Waals surface area contributed by atoms with E-state index in [2.05, 4.69) is 10.4 Å². The van der Waals surface area contributed by atoms with Crippen molar-refractivity contribution in [2.75, 3.05) is 6.61 Å². The first-order chi connectivity index (χ1) is 12.1. The molecular weight excluding hydrogens is 318 g/mol. The van der Waals surface area contributed by atoms with Gasteiger partial charge in [0.05, 0.1) is 24.9 Å². The summed E-state index contributed by atoms with van der Waals surface area (Å²) in [7, 11) is 1.86. The number of hydrogen-bond acceptors (Lipinski definition) is 4. The first-order valence-electron chi connectivity index (χ1n) is 8.75. The van der Waals surface area contributed by atoms with Crippen molar-refractivity contribution >= 4 is 5.91 Å². The van der Waals surface area contributed by atoms with Gasteiger partial charge < -0.3 is 15.2 Å². The Kier molecular flexibility index (Phi) is 5.71. The number of ether oxygens (including phenoxy) is 1. The summed E-state index contributed by atoms with van der Waals surface area (Å²) in [6, 6.07) is 9.51. The molecule has 1 amide bonds. The van der Waals surface area contributed by atoms with Gasteiger partial charge in [-0.3, -0.25) is 9.48 Å². The van der Waals surface area contributed by atoms with Gasteiger partial charge in [0.15, 0.2) is 0 Å². The van der Waals surface area contributed by atoms with Gasteiger partial charge in [0.25, 0.3) is 0 Å². The van der Waals surface area contributed by atoms with Gasteiger partial charge in [-0.25, -0.2) is 0 Å². The number of rotatable bonds is 8. The molecule has 0 saturated heterocycles. The monoisotopic (exact) mass is 343 g/mol. The second-order valence-corrected chi connectivity index (χ2v) is 6.64. The molecule has 2 N–H and O–H groups in total. The topological polar surface area (TPSA) is 76.4 Å². The van der Waals surface area contributed by atoms with Gasteiger partial charge in [-0.1, -0.05) is 18.2 Å². The lowest BCUT2D eigenvalue weighted by atomic mass is 9.75. The molecule has 3 rings (SSSR count). The molecule has 6 heteroatoms. The summed E-state index contributed by atoms with van der Waals surface area (Å²) < 4.78 is 7.35. The molecule has 0 bridgehead atoms. The number of benzene rings is 1. The molecule has 1 atom stereocenters. The summed E-state index contributed by atoms with van der Waals surface area (Å²) in [5.41, 5.74) is 0.994. The number of aliphatic hydroxyl groups excluding tert-OH is 1. The highest BCUT2D eigenvalue weighted by Crippen LogP contribution is 2.38. The zero-order valence-corrected chi connectivity index (χ0v) is 14.5. The molecule has 1 heterocycles. The van der Waals surface area contributed by atoms with Crippen molar-refractivity contribution in [3.8, 4) is 5.75 Å². The number of aromatic nitrogens is 2. The third kappa shape index (κ3) is 4.82. The predicted octanol–water partition coefficient (Wildman–Crippen LogP) is 2.21. The minimum atomic E-state index is -0.250. The molecule has 0 radical (unpaired) electrons. The SMILES string of the molecule is Cn1cc([C@@H](NC(=O)CCCOc2ccccc2)C2CC(O)C2)cn1. The molecule has 0 spiro atoms. The van der Waals surface area contributed by atoms with E-state index in [0.717, 1.165) is 24.2 Å². The molecule has 1 aliphatic rings. The minimum Gasteiger partial charge on any atom is -0.494 e. The molecule has 0 unspecified atom stereocenters. The van der Waals surface area contributed by atoms with Crippen molar-refractivity contribution in [3.63, 3.8) is 0 Å². The van der Waals surface area contributed by atoms with E-state index in [1.165, 1.54) is 0 Å². The van der Waals surface area contributed by atoms with Crippen LogP contribution in [0.1, 0.15) is 37.3 Å². The molecule has 25 heavy (non-hydrogen) atoms. The zero-order valence-electron chi connectivity index (χ0n) is 14.5. The molecule has 1 fully saturated rings. The van der Waals surface area contributed by atoms with E-state index in [1.807, 2.05) is 43.6 Å². The fraction of sp³-hybridized carbons (Fsp3) is 0.474. The Bertz CT molecular complexity index is 680. The van der Waals surface area contributed by atoms with Gasteiger partial charge >= 0.3 is 0 Å². The minimum absolute atomic E-state index is 0.00639. The van der Waals surface area contributed by atoms with Crippen molar-refractivity contribution in [2.45, 2.75) is 37.8 Å². The first-order valence-corrected chi connectivity index (χ1v) is 8.75. The van der Waals surface area contributed by atoms with Crippen LogP contribution in [-0.2, 0) is 11.8 Å². The van der Waals surface area contributed by atoms with E-state index in [4.69, 9.17) is 4.74 Å². The van der Waals surface area contributed by atoms with Crippen LogP contribution in [0.2, 0.25) is 0 Å². The molecule has 1 aromatic carbocycles. The summed E-state index contributed by atoms with van der Waals surface area (Å²) in [6.45, 7) is 0.511. The number of para-hydroxylation sites is 1. The van der Waals surface area contributed by atoms with Gasteiger partial charge in [0.1, 0.15) is 5.75 Å². The standard InChI is InChI=1S/C19H25N3O3/c1-22-13-15(12-20-22)19(14-10-16(23)11-14)21-18(24)8-5-9-25-17-6-3-2-4-7-17/h2-4,6-7,12-14,16,19,23H,5,8-11H2,1H3,(H,21,24)/t14?,16?,19-/m0/s1. The molecule has 0 aliphatic heterocycles. The number of nitrogens with one attached hydrogen (secondary N) is 1. The third-order valence-electron chi connectivity index (χ3n) is 4.58. The second kappa shape index (κ2) is 8.16. The number of aliphatic hydroxyl groups is 1. The van der Waals surface area contributed by atoms with Gasteiger partial charge in [-0.05, 0) is 37.3 Å². The van der Waals surface area contributed by atoms with Crippen molar-refractivity contribution in [1.82, 2.24) is 15.1 Å². The predicted molar refractivity (Wildman–Crippen MR) is 94.0 cm³/mol. The molecule has 134 valence electrons. The van der Waals surface area contributed by atoms with E-state index in [1.54, 1.807) is 10.9 Å². The van der Waals surface area contributed by atoms with Crippen LogP contribution < -0.4 is 10.1 Å². The fourth-order valence-electron chi connectivity index (χ4n) is 3.16. The molecule has 2 aromatic rings. The van der Waals surface area contributed by atoms with Crippen LogP contribution in [0.15, 0.2) is 42.7 Å². The molecule has 6 nitrogen and oxygen atoms in total. The lowest BCUT2D eigenvalue weighted by molar-refractivity contribution is -0.123. The highest BCUT2D eigenvalue weighted by molar-refractivity contribution is 5.76. The summed E-state index contributed by atoms with van der Waals surface area (Å²) in [5, 5.41) is 16.9. The lowest BCUT2D eigenvalue weighted by Gasteiger charge is -2.37. The maximum atomic E-state index is 12.3. The van der Waals surface area contributed by atoms with Crippen LogP contribution in [-0.4, -0.2) is 33.5 Å². The molecular formula is C19H25N3O3. The third-order valence-corrected chi connectivity index (χ3v) is 4.58. The largest absolute Gasteiger partial charge is 0.494 e. The highest BCUT2D eigenvalue weighted by atomic mass is 16.5. The maximum absolute atomic E-state index is 12.3. The van der Waals surface area contributed by atoms with Crippen molar-refractivity contribution < 1.29 is 14.6 Å². The number of nitrogens with zero attached hydrogens (tertiary/aromatic N) is 2. The number of carbonyl (C=O) groups is 1. The van der Waals surface area contributed by atoms with Gasteiger partial charge in [-0.15, -0.1) is 0 Å². The van der Waals surface area contributed by atoms with Gasteiger partial charge in [-0.2, -0.15) is 5.10 Å². The van der Waals surface area contributed by atoms with Crippen molar-refractivity contribution in [2.24, 2.45) is 13.0 Å². The summed E-state index contributed by atoms with van der Waals surface area (Å²) >= 11 is 0. The van der Waals surface area contributed by atoms with E-state index in [-0.39, 0.29) is 24.0 Å². The first kappa shape index (κ1) is 17.5. The van der Waals surface area contributed by atoms with Crippen LogP contribution in [0.5, 0.6) is 5.75 Å². The Morgan fingerprint density at radius 3 is 2.80 bits per heavy atom. The van der Waals surface area contributed by atoms with Gasteiger partial charge in [0, 0.05) is 25.2 Å². The quantitative estimate of drug-likeness (QED) is 0.721. The van der Waals surface area contributed by atoms with Crippen LogP contribution in [0.3, 0.4) is 0 Å². The summed E-state index contributed by atoms with van der Waals surface area (Å²) in [6.07, 6.45) is 5.98. The zero-order chi connectivity index (χ0) is 17.6. The smallest absolute Gasteiger partial charge is 0.220 e. The van der Waals surface area contributed by atoms with E-state index < -0.39 is 0 Å². The van der Waals surface area contributed by atoms with Crippen molar-refractivity contribution in [1.29, 1.82) is 0 Å². The van der Waals surface area contributed by atoms with E-state index >= 15 is 0 Å². The second-order valence-electron chi connectivity index (χ2n) is 6.64. The van der Waals surface area contributed by atoms with Crippen molar-refractivity contribution in [3.05, 3.63) is 48.3 Å². The van der Waals surface area contributed by atoms with Crippen LogP contribution >= 0.6 is 0 Å². The average molecular weight is 343 g/mol. The van der Waals surface area contributed by atoms with Gasteiger partial charge in [0.2, 0.25) is 5.91 Å². The number of amides is 1. The summed E-state index contributed by atoms with van der Waals surface area (Å²) in [5.74, 6) is 1.09. The van der Waals surface area contributed by atoms with Crippen LogP contribution in [0, 0.1) is 5.92 Å². The lowest BCUT2D eigenvalue weighted by Crippen LogP contribution is -2.41. The highest BCUT2D eigenvalue weighted by Gasteiger charge is 2.36. The maximum Gasteiger partial charge on any atom is 0.220 e. The van der Waals surface area contributed by atoms with E-state index in [0.29, 0.717) is 19.4 Å². The molecule has 1 aliphatic carbocycles. The number of hydrogen-bond donors (Lipinski definition) is 2. The summed E-state index contributed by atoms with van der Waals surface area (Å²) in [4.78, 5) is 12.3. The Morgan fingerprint density at radius 1 is 1.40 bits per heavy atom. The Labute approximate surface area is 147 Å². The molecule has 1 saturated carbocycles. The van der Waals surface area contributed by atoms with Crippen LogP contribution in [0.25, 0.3) is 0 Å². The number of carbonyl (C=O) groups excluding carboxylic acids is 1. The van der Waals surface area contributed by atoms with E-state index in [9.17, 15) is 9.90 Å². The Hall–Kier alpha value is -2.34. The Morgan fingerprint density at radius 2 is 2.16 bits per heavy atom. The fourth-order valence-corrected chi connectivity index (χ4v) is 3.16. The molecule has 1 aromatic heterocycles. The number of aryl methyl sites for hydroxylation is 1. The van der Waals surface area contributed by atoms with Crippen LogP contribution in [0.4, 0.5) is 0 Å². The Balaban J connectivity index is 1.47.